The average molecular weight is 626 g/mol. The summed E-state index contributed by atoms with van der Waals surface area (Å²) >= 11 is 1.21. The SMILES string of the molecule is CCCCC/C=C/C/C=C/C/C=C/C(CC(=O)CCCC(=O)O)SC[C@@H](NC(=O)CC[C@H](N)C(=O)O)C(=O)NCC(=O)O. The zero-order valence-corrected chi connectivity index (χ0v) is 25.7. The number of ketones is 1. The van der Waals surface area contributed by atoms with E-state index in [1.165, 1.54) is 31.0 Å². The Bertz CT molecular complexity index is 982. The van der Waals surface area contributed by atoms with Gasteiger partial charge < -0.3 is 31.7 Å². The molecule has 0 saturated carbocycles. The number of Topliss-reactive ketones (excluding diaryl/α,β-unsaturated/α-hetero) is 1. The van der Waals surface area contributed by atoms with Crippen molar-refractivity contribution in [3.63, 3.8) is 0 Å². The molecule has 0 radical (unpaired) electrons. The molecule has 0 aliphatic carbocycles. The summed E-state index contributed by atoms with van der Waals surface area (Å²) in [5.41, 5.74) is 5.44. The minimum absolute atomic E-state index is 0.00173. The molecular formula is C30H47N3O9S. The number of rotatable bonds is 26. The first-order valence-electron chi connectivity index (χ1n) is 14.5. The van der Waals surface area contributed by atoms with Gasteiger partial charge in [0, 0.05) is 36.7 Å². The van der Waals surface area contributed by atoms with Crippen molar-refractivity contribution in [2.45, 2.75) is 101 Å². The van der Waals surface area contributed by atoms with Crippen molar-refractivity contribution in [1.29, 1.82) is 0 Å². The fourth-order valence-electron chi connectivity index (χ4n) is 3.62. The maximum atomic E-state index is 12.7. The van der Waals surface area contributed by atoms with E-state index in [0.29, 0.717) is 6.42 Å². The van der Waals surface area contributed by atoms with Crippen LogP contribution in [0.5, 0.6) is 0 Å². The first kappa shape index (κ1) is 39.5. The van der Waals surface area contributed by atoms with Crippen LogP contribution >= 0.6 is 11.8 Å². The van der Waals surface area contributed by atoms with Crippen LogP contribution < -0.4 is 16.4 Å². The van der Waals surface area contributed by atoms with Gasteiger partial charge in [-0.15, -0.1) is 0 Å². The van der Waals surface area contributed by atoms with E-state index in [2.05, 4.69) is 29.7 Å². The standard InChI is InChI=1S/C30H47N3O9S/c1-2-3-4-5-6-7-8-9-10-11-12-15-23(19-22(34)14-13-16-27(36)37)43-21-25(29(40)32-20-28(38)39)33-26(35)18-17-24(31)30(41)42/h6-7,9-10,12,15,23-25H,2-5,8,11,13-14,16-21,31H2,1H3,(H,32,40)(H,33,35)(H,36,37)(H,38,39)(H,41,42)/b7-6+,10-9+,15-12+/t23?,24-,25+/m0/s1. The first-order chi connectivity index (χ1) is 20.5. The Kier molecular flexibility index (Phi) is 23.1. The zero-order valence-electron chi connectivity index (χ0n) is 24.9. The van der Waals surface area contributed by atoms with Crippen LogP contribution in [0.2, 0.25) is 0 Å². The number of nitrogens with two attached hydrogens (primary N) is 1. The smallest absolute Gasteiger partial charge is 0.322 e. The zero-order chi connectivity index (χ0) is 32.5. The van der Waals surface area contributed by atoms with Crippen LogP contribution in [0.1, 0.15) is 84.0 Å². The maximum absolute atomic E-state index is 12.7. The summed E-state index contributed by atoms with van der Waals surface area (Å²) in [5, 5.41) is 31.0. The van der Waals surface area contributed by atoms with Crippen molar-refractivity contribution in [1.82, 2.24) is 10.6 Å². The first-order valence-corrected chi connectivity index (χ1v) is 15.6. The topological polar surface area (TPSA) is 213 Å². The molecule has 3 atom stereocenters. The van der Waals surface area contributed by atoms with E-state index in [-0.39, 0.29) is 50.1 Å². The van der Waals surface area contributed by atoms with Crippen molar-refractivity contribution in [2.75, 3.05) is 12.3 Å². The molecule has 1 unspecified atom stereocenters. The summed E-state index contributed by atoms with van der Waals surface area (Å²) < 4.78 is 0. The van der Waals surface area contributed by atoms with Crippen LogP contribution in [0.25, 0.3) is 0 Å². The quantitative estimate of drug-likeness (QED) is 0.0606. The van der Waals surface area contributed by atoms with Crippen molar-refractivity contribution in [3.05, 3.63) is 36.5 Å². The van der Waals surface area contributed by atoms with Gasteiger partial charge in [-0.3, -0.25) is 28.8 Å². The van der Waals surface area contributed by atoms with Crippen molar-refractivity contribution in [2.24, 2.45) is 5.73 Å². The summed E-state index contributed by atoms with van der Waals surface area (Å²) in [6, 6.07) is -2.41. The predicted molar refractivity (Wildman–Crippen MR) is 166 cm³/mol. The fraction of sp³-hybridized carbons (Fsp3) is 0.600. The van der Waals surface area contributed by atoms with Crippen LogP contribution in [0.4, 0.5) is 0 Å². The molecule has 242 valence electrons. The predicted octanol–water partition coefficient (Wildman–Crippen LogP) is 3.21. The molecule has 0 fully saturated rings. The van der Waals surface area contributed by atoms with Crippen LogP contribution in [-0.4, -0.2) is 80.5 Å². The second kappa shape index (κ2) is 25.1. The number of carboxylic acid groups (broad SMARTS) is 3. The second-order valence-corrected chi connectivity index (χ2v) is 11.2. The molecule has 0 aliphatic heterocycles. The minimum Gasteiger partial charge on any atom is -0.481 e. The van der Waals surface area contributed by atoms with Crippen LogP contribution in [-0.2, 0) is 28.8 Å². The molecule has 0 aromatic rings. The number of thioether (sulfide) groups is 1. The van der Waals surface area contributed by atoms with E-state index in [9.17, 15) is 28.8 Å². The largest absolute Gasteiger partial charge is 0.481 e. The Morgan fingerprint density at radius 2 is 1.51 bits per heavy atom. The number of aliphatic carboxylic acids is 3. The number of carbonyl (C=O) groups is 6. The molecule has 0 bridgehead atoms. The number of hydrogen-bond donors (Lipinski definition) is 6. The lowest BCUT2D eigenvalue weighted by Crippen LogP contribution is -2.49. The summed E-state index contributed by atoms with van der Waals surface area (Å²) in [4.78, 5) is 70.2. The highest BCUT2D eigenvalue weighted by molar-refractivity contribution is 8.00. The lowest BCUT2D eigenvalue weighted by atomic mass is 10.1. The molecule has 0 heterocycles. The summed E-state index contributed by atoms with van der Waals surface area (Å²) in [6.07, 6.45) is 17.9. The molecule has 43 heavy (non-hydrogen) atoms. The molecule has 0 aliphatic rings. The van der Waals surface area contributed by atoms with E-state index in [0.717, 1.165) is 12.8 Å². The monoisotopic (exact) mass is 625 g/mol. The number of amides is 2. The van der Waals surface area contributed by atoms with Crippen LogP contribution in [0.3, 0.4) is 0 Å². The Labute approximate surface area is 257 Å². The lowest BCUT2D eigenvalue weighted by molar-refractivity contribution is -0.139. The molecule has 0 aromatic heterocycles. The normalized spacial score (nSPS) is 13.6. The number of carbonyl (C=O) groups excluding carboxylic acids is 3. The minimum atomic E-state index is -1.27. The molecule has 7 N–H and O–H groups in total. The van der Waals surface area contributed by atoms with Crippen molar-refractivity contribution < 1.29 is 44.1 Å². The molecular weight excluding hydrogens is 578 g/mol. The van der Waals surface area contributed by atoms with Gasteiger partial charge in [0.25, 0.3) is 0 Å². The van der Waals surface area contributed by atoms with Gasteiger partial charge in [-0.2, -0.15) is 11.8 Å². The van der Waals surface area contributed by atoms with Gasteiger partial charge in [0.15, 0.2) is 0 Å². The van der Waals surface area contributed by atoms with E-state index >= 15 is 0 Å². The van der Waals surface area contributed by atoms with Crippen molar-refractivity contribution >= 4 is 47.3 Å². The Balaban J connectivity index is 5.33. The number of carboxylic acids is 3. The number of nitrogens with one attached hydrogen (secondary N) is 2. The van der Waals surface area contributed by atoms with E-state index in [4.69, 9.17) is 21.1 Å². The van der Waals surface area contributed by atoms with Gasteiger partial charge in [-0.05, 0) is 38.5 Å². The third-order valence-electron chi connectivity index (χ3n) is 6.02. The summed E-state index contributed by atoms with van der Waals surface area (Å²) in [6.45, 7) is 1.50. The van der Waals surface area contributed by atoms with Gasteiger partial charge in [0.05, 0.1) is 0 Å². The molecule has 0 saturated heterocycles. The highest BCUT2D eigenvalue weighted by Crippen LogP contribution is 2.20. The molecule has 13 heteroatoms. The number of unbranched alkanes of at least 4 members (excludes halogenated alkanes) is 3. The third kappa shape index (κ3) is 23.8. The Morgan fingerprint density at radius 1 is 0.837 bits per heavy atom. The molecule has 0 aromatic carbocycles. The number of hydrogen-bond acceptors (Lipinski definition) is 8. The van der Waals surface area contributed by atoms with E-state index < -0.39 is 53.6 Å². The highest BCUT2D eigenvalue weighted by atomic mass is 32.2. The van der Waals surface area contributed by atoms with E-state index in [1.54, 1.807) is 0 Å². The molecule has 2 amide bonds. The van der Waals surface area contributed by atoms with Gasteiger partial charge in [-0.25, -0.2) is 0 Å². The summed E-state index contributed by atoms with van der Waals surface area (Å²) in [5.74, 6) is -5.05. The van der Waals surface area contributed by atoms with Gasteiger partial charge in [0.2, 0.25) is 11.8 Å². The average Bonchev–Trinajstić information content (AvgIpc) is 2.94. The summed E-state index contributed by atoms with van der Waals surface area (Å²) in [7, 11) is 0. The highest BCUT2D eigenvalue weighted by Gasteiger charge is 2.24. The number of allylic oxidation sites excluding steroid dienone is 5. The van der Waals surface area contributed by atoms with Gasteiger partial charge in [0.1, 0.15) is 24.4 Å². The fourth-order valence-corrected chi connectivity index (χ4v) is 4.82. The van der Waals surface area contributed by atoms with Crippen molar-refractivity contribution in [3.8, 4) is 0 Å². The van der Waals surface area contributed by atoms with Gasteiger partial charge in [-0.1, -0.05) is 56.2 Å². The Hall–Kier alpha value is -3.45. The lowest BCUT2D eigenvalue weighted by Gasteiger charge is -2.20. The molecule has 0 spiro atoms. The third-order valence-corrected chi connectivity index (χ3v) is 7.30. The molecule has 0 rings (SSSR count). The Morgan fingerprint density at radius 3 is 2.14 bits per heavy atom. The molecule has 12 nitrogen and oxygen atoms in total. The maximum Gasteiger partial charge on any atom is 0.322 e. The van der Waals surface area contributed by atoms with E-state index in [1.807, 2.05) is 24.3 Å². The van der Waals surface area contributed by atoms with Crippen LogP contribution in [0, 0.1) is 0 Å². The van der Waals surface area contributed by atoms with Gasteiger partial charge >= 0.3 is 17.9 Å². The van der Waals surface area contributed by atoms with Crippen LogP contribution in [0.15, 0.2) is 36.5 Å². The second-order valence-electron chi connectivity index (χ2n) is 9.92.